The fourth-order valence-corrected chi connectivity index (χ4v) is 27.7. The van der Waals surface area contributed by atoms with Gasteiger partial charge in [-0.3, -0.25) is 0 Å². The molecule has 0 amide bonds. The SMILES string of the molecule is CCC[CH2][Sn]([CH2]CCC)([CH2]CCC)[CH2]/C(=C/C(O)C(C)C)[Si](C)(C)C. The van der Waals surface area contributed by atoms with Gasteiger partial charge in [0.1, 0.15) is 0 Å². The van der Waals surface area contributed by atoms with E-state index in [2.05, 4.69) is 60.3 Å². The van der Waals surface area contributed by atoms with Crippen molar-refractivity contribution in [3.8, 4) is 0 Å². The number of hydrogen-bond donors (Lipinski definition) is 1. The Morgan fingerprint density at radius 3 is 1.56 bits per heavy atom. The van der Waals surface area contributed by atoms with Gasteiger partial charge in [0, 0.05) is 0 Å². The molecule has 0 spiro atoms. The second kappa shape index (κ2) is 13.0. The van der Waals surface area contributed by atoms with E-state index in [9.17, 15) is 5.11 Å². The van der Waals surface area contributed by atoms with Crippen LogP contribution in [0.1, 0.15) is 73.1 Å². The van der Waals surface area contributed by atoms with Gasteiger partial charge in [-0.1, -0.05) is 0 Å². The van der Waals surface area contributed by atoms with Crippen LogP contribution in [0.3, 0.4) is 0 Å². The summed E-state index contributed by atoms with van der Waals surface area (Å²) in [7, 11) is -1.37. The van der Waals surface area contributed by atoms with Crippen LogP contribution < -0.4 is 0 Å². The van der Waals surface area contributed by atoms with Gasteiger partial charge < -0.3 is 0 Å². The van der Waals surface area contributed by atoms with Gasteiger partial charge in [-0.25, -0.2) is 0 Å². The summed E-state index contributed by atoms with van der Waals surface area (Å²) in [6.45, 7) is 18.8. The first-order valence-corrected chi connectivity index (χ1v) is 22.6. The van der Waals surface area contributed by atoms with E-state index < -0.39 is 26.5 Å². The second-order valence-corrected chi connectivity index (χ2v) is 28.7. The molecule has 25 heavy (non-hydrogen) atoms. The van der Waals surface area contributed by atoms with E-state index >= 15 is 0 Å². The van der Waals surface area contributed by atoms with E-state index in [1.54, 1.807) is 18.5 Å². The van der Waals surface area contributed by atoms with Gasteiger partial charge in [0.05, 0.1) is 0 Å². The van der Waals surface area contributed by atoms with Crippen molar-refractivity contribution in [2.45, 2.75) is 117 Å². The Morgan fingerprint density at radius 1 is 0.880 bits per heavy atom. The maximum absolute atomic E-state index is 10.6. The molecule has 0 aromatic heterocycles. The molecule has 3 heteroatoms. The molecule has 1 unspecified atom stereocenters. The molecule has 0 fully saturated rings. The van der Waals surface area contributed by atoms with Crippen molar-refractivity contribution in [2.24, 2.45) is 5.92 Å². The summed E-state index contributed by atoms with van der Waals surface area (Å²) in [5.41, 5.74) is 0. The zero-order valence-corrected chi connectivity index (χ0v) is 22.6. The van der Waals surface area contributed by atoms with Crippen LogP contribution in [-0.2, 0) is 0 Å². The fourth-order valence-electron chi connectivity index (χ4n) is 3.67. The van der Waals surface area contributed by atoms with Crippen molar-refractivity contribution >= 4 is 26.5 Å². The van der Waals surface area contributed by atoms with Gasteiger partial charge >= 0.3 is 165 Å². The molecule has 0 rings (SSSR count). The van der Waals surface area contributed by atoms with E-state index in [1.807, 2.05) is 0 Å². The van der Waals surface area contributed by atoms with Gasteiger partial charge in [0.2, 0.25) is 0 Å². The maximum atomic E-state index is 10.6. The van der Waals surface area contributed by atoms with Gasteiger partial charge in [-0.05, 0) is 0 Å². The van der Waals surface area contributed by atoms with Crippen LogP contribution in [0.15, 0.2) is 11.3 Å². The average Bonchev–Trinajstić information content (AvgIpc) is 2.54. The van der Waals surface area contributed by atoms with Crippen LogP contribution in [0.5, 0.6) is 0 Å². The molecule has 150 valence electrons. The van der Waals surface area contributed by atoms with E-state index in [1.165, 1.54) is 43.0 Å². The Hall–Kier alpha value is 0.716. The number of rotatable bonds is 14. The third-order valence-electron chi connectivity index (χ3n) is 5.77. The molecule has 0 saturated carbocycles. The summed E-state index contributed by atoms with van der Waals surface area (Å²) in [6, 6.07) is 0. The van der Waals surface area contributed by atoms with Crippen molar-refractivity contribution in [3.05, 3.63) is 11.3 Å². The van der Waals surface area contributed by atoms with Gasteiger partial charge in [-0.2, -0.15) is 0 Å². The van der Waals surface area contributed by atoms with Crippen molar-refractivity contribution in [1.29, 1.82) is 0 Å². The molecule has 1 N–H and O–H groups in total. The monoisotopic (exact) mass is 476 g/mol. The molecule has 1 nitrogen and oxygen atoms in total. The first-order valence-electron chi connectivity index (χ1n) is 11.0. The van der Waals surface area contributed by atoms with Crippen molar-refractivity contribution in [1.82, 2.24) is 0 Å². The zero-order chi connectivity index (χ0) is 19.5. The minimum atomic E-state index is -2.17. The molecular formula is C22H48OSiSn. The van der Waals surface area contributed by atoms with Gasteiger partial charge in [0.15, 0.2) is 0 Å². The zero-order valence-electron chi connectivity index (χ0n) is 18.8. The molecule has 0 aliphatic heterocycles. The molecule has 0 aliphatic carbocycles. The second-order valence-electron chi connectivity index (χ2n) is 9.66. The number of allylic oxidation sites excluding steroid dienone is 1. The van der Waals surface area contributed by atoms with E-state index in [0.29, 0.717) is 5.92 Å². The normalized spacial score (nSPS) is 15.0. The fraction of sp³-hybridized carbons (Fsp3) is 0.909. The van der Waals surface area contributed by atoms with Crippen LogP contribution in [-0.4, -0.2) is 37.7 Å². The first kappa shape index (κ1) is 25.7. The van der Waals surface area contributed by atoms with Gasteiger partial charge in [0.25, 0.3) is 0 Å². The first-order chi connectivity index (χ1) is 11.6. The summed E-state index contributed by atoms with van der Waals surface area (Å²) in [6.07, 6.45) is 10.4. The summed E-state index contributed by atoms with van der Waals surface area (Å²) in [5.74, 6) is 0.331. The van der Waals surface area contributed by atoms with Crippen LogP contribution in [0, 0.1) is 5.92 Å². The number of aliphatic hydroxyl groups excluding tert-OH is 1. The third kappa shape index (κ3) is 10.6. The summed E-state index contributed by atoms with van der Waals surface area (Å²) in [4.78, 5) is 0. The van der Waals surface area contributed by atoms with Crippen LogP contribution in [0.25, 0.3) is 0 Å². The topological polar surface area (TPSA) is 20.2 Å². The predicted molar refractivity (Wildman–Crippen MR) is 122 cm³/mol. The minimum absolute atomic E-state index is 0.255. The predicted octanol–water partition coefficient (Wildman–Crippen LogP) is 7.66. The summed E-state index contributed by atoms with van der Waals surface area (Å²) < 4.78 is 6.16. The Kier molecular flexibility index (Phi) is 13.4. The molecule has 0 aliphatic rings. The van der Waals surface area contributed by atoms with Gasteiger partial charge in [-0.15, -0.1) is 0 Å². The Labute approximate surface area is 165 Å². The Bertz CT molecular complexity index is 349. The average molecular weight is 475 g/mol. The standard InChI is InChI=1S/C10H21OSi.3C4H9.Sn/c1-8(2)10(11)7-9(3)12(4,5)6;3*1-3-4-2;/h7-8,10-11H,3H2,1-2,4-6H3;3*1,3-4H2,2H3;/b9-7-;;;;. The van der Waals surface area contributed by atoms with E-state index in [-0.39, 0.29) is 6.10 Å². The van der Waals surface area contributed by atoms with E-state index in [4.69, 9.17) is 0 Å². The number of hydrogen-bond acceptors (Lipinski definition) is 1. The molecule has 0 radical (unpaired) electrons. The summed E-state index contributed by atoms with van der Waals surface area (Å²) in [5, 5.41) is 12.3. The molecule has 0 saturated heterocycles. The Balaban J connectivity index is 5.66. The van der Waals surface area contributed by atoms with Crippen LogP contribution in [0.2, 0.25) is 37.4 Å². The third-order valence-corrected chi connectivity index (χ3v) is 24.4. The number of unbranched alkanes of at least 4 members (excludes halogenated alkanes) is 3. The molecule has 0 heterocycles. The van der Waals surface area contributed by atoms with Crippen molar-refractivity contribution in [3.63, 3.8) is 0 Å². The van der Waals surface area contributed by atoms with Crippen LogP contribution >= 0.6 is 0 Å². The molecule has 0 aromatic carbocycles. The van der Waals surface area contributed by atoms with E-state index in [0.717, 1.165) is 0 Å². The molecular weight excluding hydrogens is 427 g/mol. The Morgan fingerprint density at radius 2 is 1.28 bits per heavy atom. The van der Waals surface area contributed by atoms with Crippen molar-refractivity contribution < 1.29 is 5.11 Å². The quantitative estimate of drug-likeness (QED) is 0.256. The summed E-state index contributed by atoms with van der Waals surface area (Å²) >= 11 is -2.17. The number of aliphatic hydroxyl groups is 1. The molecule has 0 aromatic rings. The van der Waals surface area contributed by atoms with Crippen LogP contribution in [0.4, 0.5) is 0 Å². The molecule has 0 bridgehead atoms. The molecule has 1 atom stereocenters. The van der Waals surface area contributed by atoms with Crippen molar-refractivity contribution in [2.75, 3.05) is 0 Å².